The van der Waals surface area contributed by atoms with Gasteiger partial charge in [0.05, 0.1) is 23.6 Å². The van der Waals surface area contributed by atoms with Crippen molar-refractivity contribution in [3.8, 4) is 0 Å². The topological polar surface area (TPSA) is 138 Å². The Hall–Kier alpha value is -3.42. The molecular formula is C21H26N6O2. The van der Waals surface area contributed by atoms with Crippen molar-refractivity contribution >= 4 is 29.0 Å². The number of hydrogen-bond acceptors (Lipinski definition) is 6. The van der Waals surface area contributed by atoms with E-state index in [1.54, 1.807) is 30.0 Å². The largest absolute Gasteiger partial charge is 0.404 e. The summed E-state index contributed by atoms with van der Waals surface area (Å²) >= 11 is 0. The molecule has 2 atom stereocenters. The number of piperidine rings is 1. The van der Waals surface area contributed by atoms with Crippen LogP contribution in [-0.2, 0) is 9.59 Å². The number of nitrogens with zero attached hydrogens (tertiary/aromatic N) is 2. The zero-order chi connectivity index (χ0) is 21.1. The number of likely N-dealkylation sites (tertiary alicyclic amines) is 1. The molecule has 1 aliphatic heterocycles. The molecule has 29 heavy (non-hydrogen) atoms. The normalized spacial score (nSPS) is 23.1. The van der Waals surface area contributed by atoms with Crippen molar-refractivity contribution in [3.63, 3.8) is 0 Å². The number of allylic oxidation sites excluding steroid dienone is 3. The Bertz CT molecular complexity index is 946. The first-order valence-corrected chi connectivity index (χ1v) is 9.54. The quantitative estimate of drug-likeness (QED) is 0.568. The Morgan fingerprint density at radius 1 is 1.34 bits per heavy atom. The third-order valence-electron chi connectivity index (χ3n) is 5.29. The lowest BCUT2D eigenvalue weighted by Gasteiger charge is -2.39. The first-order chi connectivity index (χ1) is 13.8. The Morgan fingerprint density at radius 2 is 2.10 bits per heavy atom. The van der Waals surface area contributed by atoms with Gasteiger partial charge in [0.25, 0.3) is 0 Å². The number of aryl methyl sites for hydroxylation is 1. The van der Waals surface area contributed by atoms with E-state index in [1.165, 1.54) is 12.4 Å². The van der Waals surface area contributed by atoms with E-state index in [2.05, 4.69) is 17.2 Å². The number of hydrogen-bond donors (Lipinski definition) is 4. The van der Waals surface area contributed by atoms with Gasteiger partial charge in [-0.25, -0.2) is 4.98 Å². The van der Waals surface area contributed by atoms with E-state index < -0.39 is 11.8 Å². The summed E-state index contributed by atoms with van der Waals surface area (Å²) in [6.45, 7) is 4.32. The standard InChI is InChI=1S/C21H26N6O2/c1-12-3-6-18(14-4-5-15(9-22)17(23)8-14)27(11-12)21(29)20(28)26-16-7-13(2)19(24)25-10-16/h4-5,7-10,12,18,23H,3,6,11,22H2,1-2H3,(H2,24,25)(H,26,28)/b15-9-,23-17?/t12-,18+/m0/s1. The Kier molecular flexibility index (Phi) is 5.81. The van der Waals surface area contributed by atoms with E-state index >= 15 is 0 Å². The molecule has 0 spiro atoms. The van der Waals surface area contributed by atoms with E-state index in [0.717, 1.165) is 24.0 Å². The summed E-state index contributed by atoms with van der Waals surface area (Å²) in [7, 11) is 0. The second kappa shape index (κ2) is 8.30. The number of amides is 2. The fourth-order valence-electron chi connectivity index (χ4n) is 3.62. The molecule has 1 aliphatic carbocycles. The maximum absolute atomic E-state index is 13.0. The summed E-state index contributed by atoms with van der Waals surface area (Å²) in [4.78, 5) is 31.2. The van der Waals surface area contributed by atoms with Gasteiger partial charge in [-0.05, 0) is 49.0 Å². The molecule has 0 saturated carbocycles. The summed E-state index contributed by atoms with van der Waals surface area (Å²) in [5.41, 5.74) is 14.1. The van der Waals surface area contributed by atoms with Gasteiger partial charge in [0.2, 0.25) is 0 Å². The van der Waals surface area contributed by atoms with Crippen LogP contribution < -0.4 is 16.8 Å². The number of aromatic nitrogens is 1. The number of nitrogens with two attached hydrogens (primary N) is 2. The van der Waals surface area contributed by atoms with Gasteiger partial charge in [0.15, 0.2) is 0 Å². The lowest BCUT2D eigenvalue weighted by Crippen LogP contribution is -2.51. The van der Waals surface area contributed by atoms with Crippen molar-refractivity contribution in [1.82, 2.24) is 9.88 Å². The number of nitrogens with one attached hydrogen (secondary N) is 2. The monoisotopic (exact) mass is 394 g/mol. The summed E-state index contributed by atoms with van der Waals surface area (Å²) < 4.78 is 0. The molecule has 2 amide bonds. The van der Waals surface area contributed by atoms with E-state index in [4.69, 9.17) is 16.9 Å². The van der Waals surface area contributed by atoms with Crippen LogP contribution in [0.5, 0.6) is 0 Å². The SMILES string of the molecule is Cc1cc(NC(=O)C(=O)N2C[C@@H](C)CC[C@@H]2C2=CC(=N)/C(=C\N)C=C2)cnc1N. The molecule has 0 unspecified atom stereocenters. The average molecular weight is 394 g/mol. The highest BCUT2D eigenvalue weighted by Gasteiger charge is 2.35. The van der Waals surface area contributed by atoms with E-state index in [9.17, 15) is 9.59 Å². The van der Waals surface area contributed by atoms with Crippen LogP contribution in [0, 0.1) is 18.3 Å². The molecule has 8 nitrogen and oxygen atoms in total. The lowest BCUT2D eigenvalue weighted by molar-refractivity contribution is -0.145. The molecule has 8 heteroatoms. The molecule has 3 rings (SSSR count). The number of carbonyl (C=O) groups is 2. The van der Waals surface area contributed by atoms with Gasteiger partial charge >= 0.3 is 11.8 Å². The molecule has 1 fully saturated rings. The number of nitrogen functional groups attached to an aromatic ring is 1. The minimum atomic E-state index is -0.715. The predicted octanol–water partition coefficient (Wildman–Crippen LogP) is 1.90. The Morgan fingerprint density at radius 3 is 2.76 bits per heavy atom. The summed E-state index contributed by atoms with van der Waals surface area (Å²) in [5, 5.41) is 10.7. The van der Waals surface area contributed by atoms with Crippen LogP contribution in [0.25, 0.3) is 0 Å². The van der Waals surface area contributed by atoms with Gasteiger partial charge in [0, 0.05) is 18.3 Å². The molecular weight excluding hydrogens is 368 g/mol. The maximum atomic E-state index is 13.0. The molecule has 1 aromatic heterocycles. The molecule has 2 heterocycles. The van der Waals surface area contributed by atoms with Crippen LogP contribution in [0.3, 0.4) is 0 Å². The zero-order valence-corrected chi connectivity index (χ0v) is 16.6. The molecule has 152 valence electrons. The Labute approximate surface area is 169 Å². The minimum Gasteiger partial charge on any atom is -0.404 e. The van der Waals surface area contributed by atoms with Crippen LogP contribution in [-0.4, -0.2) is 40.0 Å². The molecule has 1 aromatic rings. The van der Waals surface area contributed by atoms with Crippen LogP contribution in [0.2, 0.25) is 0 Å². The molecule has 1 saturated heterocycles. The van der Waals surface area contributed by atoms with E-state index in [-0.39, 0.29) is 12.0 Å². The fourth-order valence-corrected chi connectivity index (χ4v) is 3.62. The van der Waals surface area contributed by atoms with Crippen LogP contribution in [0.4, 0.5) is 11.5 Å². The first kappa shape index (κ1) is 20.3. The minimum absolute atomic E-state index is 0.258. The zero-order valence-electron chi connectivity index (χ0n) is 16.6. The average Bonchev–Trinajstić information content (AvgIpc) is 2.70. The van der Waals surface area contributed by atoms with Crippen LogP contribution in [0.15, 0.2) is 47.8 Å². The number of rotatable bonds is 2. The van der Waals surface area contributed by atoms with E-state index in [1.807, 2.05) is 6.08 Å². The van der Waals surface area contributed by atoms with Gasteiger partial charge in [-0.1, -0.05) is 19.1 Å². The molecule has 0 bridgehead atoms. The van der Waals surface area contributed by atoms with Crippen LogP contribution >= 0.6 is 0 Å². The van der Waals surface area contributed by atoms with Crippen molar-refractivity contribution in [2.75, 3.05) is 17.6 Å². The fraction of sp³-hybridized carbons (Fsp3) is 0.333. The molecule has 2 aliphatic rings. The van der Waals surface area contributed by atoms with Gasteiger partial charge in [-0.15, -0.1) is 0 Å². The molecule has 0 aromatic carbocycles. The van der Waals surface area contributed by atoms with Crippen LogP contribution in [0.1, 0.15) is 25.3 Å². The van der Waals surface area contributed by atoms with Gasteiger partial charge in [-0.2, -0.15) is 0 Å². The Balaban J connectivity index is 1.80. The molecule has 0 radical (unpaired) electrons. The van der Waals surface area contributed by atoms with Crippen molar-refractivity contribution in [3.05, 3.63) is 53.4 Å². The van der Waals surface area contributed by atoms with Crippen molar-refractivity contribution in [2.45, 2.75) is 32.7 Å². The second-order valence-electron chi connectivity index (χ2n) is 7.55. The summed E-state index contributed by atoms with van der Waals surface area (Å²) in [6, 6.07) is 1.42. The van der Waals surface area contributed by atoms with Crippen molar-refractivity contribution in [1.29, 1.82) is 5.41 Å². The highest BCUT2D eigenvalue weighted by atomic mass is 16.2. The van der Waals surface area contributed by atoms with Crippen molar-refractivity contribution in [2.24, 2.45) is 11.7 Å². The van der Waals surface area contributed by atoms with Crippen molar-refractivity contribution < 1.29 is 9.59 Å². The van der Waals surface area contributed by atoms with Gasteiger partial charge in [-0.3, -0.25) is 9.59 Å². The second-order valence-corrected chi connectivity index (χ2v) is 7.55. The maximum Gasteiger partial charge on any atom is 0.313 e. The summed E-state index contributed by atoms with van der Waals surface area (Å²) in [6.07, 6.45) is 9.82. The smallest absolute Gasteiger partial charge is 0.313 e. The lowest BCUT2D eigenvalue weighted by atomic mass is 9.86. The van der Waals surface area contributed by atoms with Gasteiger partial charge < -0.3 is 27.1 Å². The van der Waals surface area contributed by atoms with E-state index in [0.29, 0.717) is 29.3 Å². The number of anilines is 2. The molecule has 6 N–H and O–H groups in total. The highest BCUT2D eigenvalue weighted by Crippen LogP contribution is 2.29. The summed E-state index contributed by atoms with van der Waals surface area (Å²) in [5.74, 6) is -0.649. The van der Waals surface area contributed by atoms with Gasteiger partial charge in [0.1, 0.15) is 5.82 Å². The third kappa shape index (κ3) is 4.37. The predicted molar refractivity (Wildman–Crippen MR) is 113 cm³/mol. The first-order valence-electron chi connectivity index (χ1n) is 9.54. The number of pyridine rings is 1. The third-order valence-corrected chi connectivity index (χ3v) is 5.29. The number of carbonyl (C=O) groups excluding carboxylic acids is 2. The highest BCUT2D eigenvalue weighted by molar-refractivity contribution is 6.39.